The SMILES string of the molecule is CC(C)(C)c1nnc2ccc(N3CC(CNc4nncs4)C3)nn12. The van der Waals surface area contributed by atoms with Gasteiger partial charge in [0.1, 0.15) is 11.3 Å². The number of aromatic nitrogens is 6. The predicted molar refractivity (Wildman–Crippen MR) is 93.6 cm³/mol. The van der Waals surface area contributed by atoms with Gasteiger partial charge in [0.25, 0.3) is 0 Å². The van der Waals surface area contributed by atoms with Crippen LogP contribution in [0.3, 0.4) is 0 Å². The van der Waals surface area contributed by atoms with Crippen LogP contribution in [0.4, 0.5) is 10.9 Å². The minimum Gasteiger partial charge on any atom is -0.360 e. The Balaban J connectivity index is 1.44. The van der Waals surface area contributed by atoms with Crippen molar-refractivity contribution in [2.45, 2.75) is 26.2 Å². The first-order valence-electron chi connectivity index (χ1n) is 7.98. The highest BCUT2D eigenvalue weighted by Gasteiger charge is 2.29. The van der Waals surface area contributed by atoms with Crippen LogP contribution < -0.4 is 10.2 Å². The van der Waals surface area contributed by atoms with E-state index in [-0.39, 0.29) is 5.41 Å². The highest BCUT2D eigenvalue weighted by molar-refractivity contribution is 7.13. The van der Waals surface area contributed by atoms with Crippen LogP contribution >= 0.6 is 11.3 Å². The van der Waals surface area contributed by atoms with Crippen molar-refractivity contribution in [3.05, 3.63) is 23.5 Å². The average molecular weight is 344 g/mol. The van der Waals surface area contributed by atoms with E-state index in [1.807, 2.05) is 16.6 Å². The number of nitrogens with zero attached hydrogens (tertiary/aromatic N) is 7. The van der Waals surface area contributed by atoms with Crippen molar-refractivity contribution in [2.75, 3.05) is 29.9 Å². The molecule has 24 heavy (non-hydrogen) atoms. The van der Waals surface area contributed by atoms with Gasteiger partial charge < -0.3 is 10.2 Å². The van der Waals surface area contributed by atoms with Gasteiger partial charge in [0.15, 0.2) is 11.5 Å². The minimum absolute atomic E-state index is 0.0891. The number of fused-ring (bicyclic) bond motifs is 1. The van der Waals surface area contributed by atoms with Crippen molar-refractivity contribution in [1.82, 2.24) is 30.0 Å². The molecule has 126 valence electrons. The molecule has 0 radical (unpaired) electrons. The fraction of sp³-hybridized carbons (Fsp3) is 0.533. The zero-order valence-corrected chi connectivity index (χ0v) is 14.8. The van der Waals surface area contributed by atoms with Crippen LogP contribution in [0.2, 0.25) is 0 Å². The summed E-state index contributed by atoms with van der Waals surface area (Å²) in [6.45, 7) is 9.24. The van der Waals surface area contributed by atoms with Gasteiger partial charge in [-0.2, -0.15) is 4.52 Å². The van der Waals surface area contributed by atoms with Gasteiger partial charge >= 0.3 is 0 Å². The summed E-state index contributed by atoms with van der Waals surface area (Å²) in [6.07, 6.45) is 0. The van der Waals surface area contributed by atoms with Crippen molar-refractivity contribution >= 4 is 27.9 Å². The molecule has 3 aromatic rings. The van der Waals surface area contributed by atoms with Crippen LogP contribution in [0, 0.1) is 5.92 Å². The van der Waals surface area contributed by atoms with E-state index < -0.39 is 0 Å². The summed E-state index contributed by atoms with van der Waals surface area (Å²) in [5.74, 6) is 2.45. The Kier molecular flexibility index (Phi) is 3.60. The predicted octanol–water partition coefficient (Wildman–Crippen LogP) is 1.82. The lowest BCUT2D eigenvalue weighted by atomic mass is 9.96. The molecule has 8 nitrogen and oxygen atoms in total. The number of rotatable bonds is 4. The van der Waals surface area contributed by atoms with Crippen LogP contribution in [0.15, 0.2) is 17.6 Å². The van der Waals surface area contributed by atoms with Crippen LogP contribution in [-0.4, -0.2) is 49.6 Å². The second kappa shape index (κ2) is 5.66. The first kappa shape index (κ1) is 15.3. The Bertz CT molecular complexity index is 829. The van der Waals surface area contributed by atoms with Gasteiger partial charge in [-0.1, -0.05) is 32.1 Å². The Morgan fingerprint density at radius 1 is 1.21 bits per heavy atom. The molecule has 3 aromatic heterocycles. The van der Waals surface area contributed by atoms with Crippen LogP contribution in [0.25, 0.3) is 5.65 Å². The van der Waals surface area contributed by atoms with Crippen LogP contribution in [0.1, 0.15) is 26.6 Å². The molecule has 4 heterocycles. The molecule has 0 unspecified atom stereocenters. The first-order valence-corrected chi connectivity index (χ1v) is 8.86. The Morgan fingerprint density at radius 2 is 2.04 bits per heavy atom. The quantitative estimate of drug-likeness (QED) is 0.773. The molecule has 0 bridgehead atoms. The normalized spacial score (nSPS) is 15.7. The third kappa shape index (κ3) is 2.79. The van der Waals surface area contributed by atoms with Crippen molar-refractivity contribution in [3.8, 4) is 0 Å². The average Bonchev–Trinajstić information content (AvgIpc) is 3.13. The Morgan fingerprint density at radius 3 is 2.75 bits per heavy atom. The van der Waals surface area contributed by atoms with E-state index in [2.05, 4.69) is 51.4 Å². The van der Waals surface area contributed by atoms with Crippen molar-refractivity contribution in [2.24, 2.45) is 5.92 Å². The number of anilines is 2. The lowest BCUT2D eigenvalue weighted by molar-refractivity contribution is 0.424. The van der Waals surface area contributed by atoms with E-state index in [0.717, 1.165) is 42.1 Å². The van der Waals surface area contributed by atoms with Gasteiger partial charge in [0, 0.05) is 31.0 Å². The summed E-state index contributed by atoms with van der Waals surface area (Å²) >= 11 is 1.53. The summed E-state index contributed by atoms with van der Waals surface area (Å²) in [6, 6.07) is 4.00. The Hall–Kier alpha value is -2.29. The van der Waals surface area contributed by atoms with Gasteiger partial charge in [-0.05, 0) is 12.1 Å². The monoisotopic (exact) mass is 344 g/mol. The van der Waals surface area contributed by atoms with Gasteiger partial charge in [-0.15, -0.1) is 25.5 Å². The topological polar surface area (TPSA) is 84.1 Å². The molecule has 9 heteroatoms. The lowest BCUT2D eigenvalue weighted by Crippen LogP contribution is -2.50. The maximum absolute atomic E-state index is 4.75. The molecule has 1 saturated heterocycles. The standard InChI is InChI=1S/C15H20N8S/c1-15(2,3)13-19-18-11-4-5-12(21-23(11)13)22-7-10(8-22)6-16-14-20-17-9-24-14/h4-5,9-10H,6-8H2,1-3H3,(H,16,20). The van der Waals surface area contributed by atoms with E-state index in [4.69, 9.17) is 5.10 Å². The molecular weight excluding hydrogens is 324 g/mol. The molecule has 0 aromatic carbocycles. The molecule has 1 aliphatic rings. The molecule has 0 saturated carbocycles. The van der Waals surface area contributed by atoms with Crippen LogP contribution in [0.5, 0.6) is 0 Å². The molecule has 1 fully saturated rings. The highest BCUT2D eigenvalue weighted by Crippen LogP contribution is 2.25. The van der Waals surface area contributed by atoms with E-state index in [1.165, 1.54) is 11.3 Å². The van der Waals surface area contributed by atoms with Crippen LogP contribution in [-0.2, 0) is 5.41 Å². The van der Waals surface area contributed by atoms with E-state index >= 15 is 0 Å². The zero-order valence-electron chi connectivity index (χ0n) is 14.0. The summed E-state index contributed by atoms with van der Waals surface area (Å²) in [5, 5.41) is 25.3. The number of nitrogens with one attached hydrogen (secondary N) is 1. The molecule has 0 spiro atoms. The van der Waals surface area contributed by atoms with E-state index in [1.54, 1.807) is 5.51 Å². The summed E-state index contributed by atoms with van der Waals surface area (Å²) in [5.41, 5.74) is 2.44. The third-order valence-electron chi connectivity index (χ3n) is 4.10. The molecule has 1 aliphatic heterocycles. The summed E-state index contributed by atoms with van der Waals surface area (Å²) < 4.78 is 1.86. The largest absolute Gasteiger partial charge is 0.360 e. The molecule has 4 rings (SSSR count). The van der Waals surface area contributed by atoms with Gasteiger partial charge in [-0.3, -0.25) is 0 Å². The van der Waals surface area contributed by atoms with Gasteiger partial charge in [-0.25, -0.2) is 0 Å². The van der Waals surface area contributed by atoms with Crippen molar-refractivity contribution in [1.29, 1.82) is 0 Å². The first-order chi connectivity index (χ1) is 11.5. The highest BCUT2D eigenvalue weighted by atomic mass is 32.1. The fourth-order valence-electron chi connectivity index (χ4n) is 2.78. The molecule has 0 amide bonds. The Labute approximate surface area is 143 Å². The molecule has 0 atom stereocenters. The molecule has 1 N–H and O–H groups in total. The minimum atomic E-state index is -0.0891. The zero-order chi connectivity index (χ0) is 16.7. The van der Waals surface area contributed by atoms with E-state index in [9.17, 15) is 0 Å². The summed E-state index contributed by atoms with van der Waals surface area (Å²) in [4.78, 5) is 2.28. The lowest BCUT2D eigenvalue weighted by Gasteiger charge is -2.40. The second-order valence-electron chi connectivity index (χ2n) is 7.13. The van der Waals surface area contributed by atoms with Gasteiger partial charge in [0.2, 0.25) is 5.13 Å². The smallest absolute Gasteiger partial charge is 0.205 e. The maximum Gasteiger partial charge on any atom is 0.205 e. The maximum atomic E-state index is 4.75. The third-order valence-corrected chi connectivity index (χ3v) is 4.75. The number of hydrogen-bond donors (Lipinski definition) is 1. The summed E-state index contributed by atoms with van der Waals surface area (Å²) in [7, 11) is 0. The fourth-order valence-corrected chi connectivity index (χ4v) is 3.24. The van der Waals surface area contributed by atoms with Crippen molar-refractivity contribution < 1.29 is 0 Å². The van der Waals surface area contributed by atoms with Gasteiger partial charge in [0.05, 0.1) is 0 Å². The molecular formula is C15H20N8S. The molecule has 0 aliphatic carbocycles. The van der Waals surface area contributed by atoms with Crippen molar-refractivity contribution in [3.63, 3.8) is 0 Å². The van der Waals surface area contributed by atoms with E-state index in [0.29, 0.717) is 5.92 Å². The second-order valence-corrected chi connectivity index (χ2v) is 7.96. The number of hydrogen-bond acceptors (Lipinski definition) is 8.